The highest BCUT2D eigenvalue weighted by Crippen LogP contribution is 2.25. The van der Waals surface area contributed by atoms with Crippen LogP contribution in [-0.4, -0.2) is 25.8 Å². The van der Waals surface area contributed by atoms with Crippen molar-refractivity contribution in [1.82, 2.24) is 19.9 Å². The summed E-state index contributed by atoms with van der Waals surface area (Å²) in [5.74, 6) is 0.404. The summed E-state index contributed by atoms with van der Waals surface area (Å²) in [6.07, 6.45) is 0. The Morgan fingerprint density at radius 3 is 2.60 bits per heavy atom. The maximum absolute atomic E-state index is 12.9. The Morgan fingerprint density at radius 2 is 1.70 bits per heavy atom. The Labute approximate surface area is 174 Å². The molecule has 3 aromatic carbocycles. The van der Waals surface area contributed by atoms with Crippen LogP contribution in [0.5, 0.6) is 0 Å². The van der Waals surface area contributed by atoms with E-state index in [-0.39, 0.29) is 11.6 Å². The summed E-state index contributed by atoms with van der Waals surface area (Å²) in [5, 5.41) is 3.73. The number of nitrogens with one attached hydrogen (secondary N) is 4. The zero-order chi connectivity index (χ0) is 20.5. The molecule has 0 atom stereocenters. The average Bonchev–Trinajstić information content (AvgIpc) is 3.34. The molecule has 0 unspecified atom stereocenters. The van der Waals surface area contributed by atoms with Gasteiger partial charge >= 0.3 is 5.69 Å². The molecule has 0 bridgehead atoms. The summed E-state index contributed by atoms with van der Waals surface area (Å²) in [6, 6.07) is 20.6. The van der Waals surface area contributed by atoms with Crippen LogP contribution in [0, 0.1) is 0 Å². The van der Waals surface area contributed by atoms with Gasteiger partial charge in [-0.25, -0.2) is 9.78 Å². The van der Waals surface area contributed by atoms with Crippen LogP contribution in [0.15, 0.2) is 76.7 Å². The number of carbonyl (C=O) groups excluding carboxylic acids is 1. The number of anilines is 1. The van der Waals surface area contributed by atoms with Gasteiger partial charge in [-0.05, 0) is 42.0 Å². The summed E-state index contributed by atoms with van der Waals surface area (Å²) < 4.78 is 0. The van der Waals surface area contributed by atoms with Gasteiger partial charge < -0.3 is 20.3 Å². The quantitative estimate of drug-likeness (QED) is 0.322. The van der Waals surface area contributed by atoms with Gasteiger partial charge in [-0.15, -0.1) is 0 Å². The molecule has 5 aromatic rings. The number of aromatic amines is 3. The number of para-hydroxylation sites is 2. The maximum Gasteiger partial charge on any atom is 0.323 e. The van der Waals surface area contributed by atoms with Crippen molar-refractivity contribution in [2.24, 2.45) is 0 Å². The number of imidazole rings is 2. The number of H-pyrrole nitrogens is 3. The number of carbonyl (C=O) groups is 1. The van der Waals surface area contributed by atoms with E-state index in [9.17, 15) is 9.59 Å². The van der Waals surface area contributed by atoms with Gasteiger partial charge in [0, 0.05) is 17.0 Å². The minimum atomic E-state index is -0.276. The summed E-state index contributed by atoms with van der Waals surface area (Å²) in [4.78, 5) is 37.6. The van der Waals surface area contributed by atoms with Crippen LogP contribution in [0.25, 0.3) is 22.1 Å². The molecular formula is C22H17N5O2S. The highest BCUT2D eigenvalue weighted by atomic mass is 32.2. The van der Waals surface area contributed by atoms with Crippen molar-refractivity contribution in [3.63, 3.8) is 0 Å². The summed E-state index contributed by atoms with van der Waals surface area (Å²) >= 11 is 1.55. The van der Waals surface area contributed by atoms with E-state index in [0.29, 0.717) is 28.0 Å². The molecule has 0 spiro atoms. The van der Waals surface area contributed by atoms with Crippen molar-refractivity contribution in [2.75, 3.05) is 5.32 Å². The number of thioether (sulfide) groups is 1. The van der Waals surface area contributed by atoms with Crippen LogP contribution in [0.2, 0.25) is 0 Å². The van der Waals surface area contributed by atoms with Crippen molar-refractivity contribution in [2.45, 2.75) is 10.9 Å². The molecule has 5 rings (SSSR count). The number of fused-ring (bicyclic) bond motifs is 2. The minimum Gasteiger partial charge on any atom is -0.333 e. The first-order chi connectivity index (χ1) is 14.7. The van der Waals surface area contributed by atoms with Crippen molar-refractivity contribution in [3.05, 3.63) is 88.3 Å². The number of benzene rings is 3. The Bertz CT molecular complexity index is 1400. The van der Waals surface area contributed by atoms with Crippen molar-refractivity contribution < 1.29 is 4.79 Å². The second-order valence-corrected chi connectivity index (χ2v) is 7.76. The fourth-order valence-electron chi connectivity index (χ4n) is 3.32. The van der Waals surface area contributed by atoms with Gasteiger partial charge in [0.25, 0.3) is 5.91 Å². The number of amides is 1. The normalized spacial score (nSPS) is 11.2. The Balaban J connectivity index is 1.35. The largest absolute Gasteiger partial charge is 0.333 e. The zero-order valence-electron chi connectivity index (χ0n) is 15.7. The topological polar surface area (TPSA) is 106 Å². The molecule has 8 heteroatoms. The van der Waals surface area contributed by atoms with Gasteiger partial charge in [-0.3, -0.25) is 4.79 Å². The van der Waals surface area contributed by atoms with Crippen LogP contribution < -0.4 is 11.0 Å². The molecule has 0 saturated heterocycles. The van der Waals surface area contributed by atoms with Crippen LogP contribution in [0.3, 0.4) is 0 Å². The lowest BCUT2D eigenvalue weighted by Gasteiger charge is -2.10. The summed E-state index contributed by atoms with van der Waals surface area (Å²) in [7, 11) is 0. The summed E-state index contributed by atoms with van der Waals surface area (Å²) in [6.45, 7) is 0. The monoisotopic (exact) mass is 415 g/mol. The summed E-state index contributed by atoms with van der Waals surface area (Å²) in [5.41, 5.74) is 5.10. The number of hydrogen-bond acceptors (Lipinski definition) is 4. The second-order valence-electron chi connectivity index (χ2n) is 6.80. The van der Waals surface area contributed by atoms with Gasteiger partial charge in [0.05, 0.1) is 22.1 Å². The lowest BCUT2D eigenvalue weighted by molar-refractivity contribution is 0.102. The fraction of sp³-hybridized carbons (Fsp3) is 0.0455. The third kappa shape index (κ3) is 3.60. The molecule has 0 saturated carbocycles. The third-order valence-electron chi connectivity index (χ3n) is 4.77. The predicted molar refractivity (Wildman–Crippen MR) is 119 cm³/mol. The third-order valence-corrected chi connectivity index (χ3v) is 5.69. The first kappa shape index (κ1) is 18.3. The molecule has 148 valence electrons. The molecule has 0 aliphatic rings. The van der Waals surface area contributed by atoms with Gasteiger partial charge in [-0.1, -0.05) is 42.1 Å². The second kappa shape index (κ2) is 7.57. The molecule has 2 heterocycles. The predicted octanol–water partition coefficient (Wildman–Crippen LogP) is 4.28. The Kier molecular flexibility index (Phi) is 4.61. The number of nitrogens with zero attached hydrogens (tertiary/aromatic N) is 1. The smallest absolute Gasteiger partial charge is 0.323 e. The van der Waals surface area contributed by atoms with E-state index in [1.807, 2.05) is 42.5 Å². The SMILES string of the molecule is O=C(Nc1ccc2[nH]c(=O)[nH]c2c1)c1ccccc1CSc1nc2ccccc2[nH]1. The van der Waals surface area contributed by atoms with Gasteiger partial charge in [0.2, 0.25) is 0 Å². The first-order valence-electron chi connectivity index (χ1n) is 9.34. The van der Waals surface area contributed by atoms with Crippen LogP contribution >= 0.6 is 11.8 Å². The van der Waals surface area contributed by atoms with E-state index in [2.05, 4.69) is 25.3 Å². The van der Waals surface area contributed by atoms with Gasteiger partial charge in [0.1, 0.15) is 0 Å². The van der Waals surface area contributed by atoms with Crippen molar-refractivity contribution in [1.29, 1.82) is 0 Å². The molecule has 0 aliphatic carbocycles. The zero-order valence-corrected chi connectivity index (χ0v) is 16.5. The first-order valence-corrected chi connectivity index (χ1v) is 10.3. The van der Waals surface area contributed by atoms with Crippen LogP contribution in [0.1, 0.15) is 15.9 Å². The van der Waals surface area contributed by atoms with E-state index in [0.717, 1.165) is 21.8 Å². The molecular weight excluding hydrogens is 398 g/mol. The fourth-order valence-corrected chi connectivity index (χ4v) is 4.21. The molecule has 0 aliphatic heterocycles. The molecule has 0 radical (unpaired) electrons. The van der Waals surface area contributed by atoms with E-state index in [4.69, 9.17) is 0 Å². The number of aromatic nitrogens is 4. The number of rotatable bonds is 5. The molecule has 2 aromatic heterocycles. The average molecular weight is 415 g/mol. The molecule has 4 N–H and O–H groups in total. The Hall–Kier alpha value is -3.78. The van der Waals surface area contributed by atoms with Crippen LogP contribution in [0.4, 0.5) is 5.69 Å². The van der Waals surface area contributed by atoms with E-state index in [1.54, 1.807) is 36.0 Å². The van der Waals surface area contributed by atoms with Gasteiger partial charge in [-0.2, -0.15) is 0 Å². The van der Waals surface area contributed by atoms with Crippen LogP contribution in [-0.2, 0) is 5.75 Å². The Morgan fingerprint density at radius 1 is 0.900 bits per heavy atom. The molecule has 1 amide bonds. The minimum absolute atomic E-state index is 0.201. The lowest BCUT2D eigenvalue weighted by atomic mass is 10.1. The van der Waals surface area contributed by atoms with Crippen molar-refractivity contribution >= 4 is 45.4 Å². The van der Waals surface area contributed by atoms with Gasteiger partial charge in [0.15, 0.2) is 5.16 Å². The highest BCUT2D eigenvalue weighted by Gasteiger charge is 2.13. The molecule has 0 fully saturated rings. The number of hydrogen-bond donors (Lipinski definition) is 4. The highest BCUT2D eigenvalue weighted by molar-refractivity contribution is 7.98. The maximum atomic E-state index is 12.9. The van der Waals surface area contributed by atoms with E-state index in [1.165, 1.54) is 0 Å². The lowest BCUT2D eigenvalue weighted by Crippen LogP contribution is -2.14. The standard InChI is InChI=1S/C22H17N5O2S/c28-20(23-14-9-10-18-19(11-14)25-21(29)24-18)15-6-2-1-5-13(15)12-30-22-26-16-7-3-4-8-17(16)27-22/h1-11H,12H2,(H,23,28)(H,26,27)(H2,24,25,29). The van der Waals surface area contributed by atoms with Crippen molar-refractivity contribution in [3.8, 4) is 0 Å². The van der Waals surface area contributed by atoms with E-state index < -0.39 is 0 Å². The molecule has 7 nitrogen and oxygen atoms in total. The molecule has 30 heavy (non-hydrogen) atoms. The van der Waals surface area contributed by atoms with E-state index >= 15 is 0 Å².